The second-order valence-electron chi connectivity index (χ2n) is 4.17. The van der Waals surface area contributed by atoms with Gasteiger partial charge < -0.3 is 4.74 Å². The van der Waals surface area contributed by atoms with Gasteiger partial charge in [-0.15, -0.1) is 0 Å². The average molecular weight is 330 g/mol. The Hall–Kier alpha value is -1.00. The molecule has 0 aliphatic rings. The largest absolute Gasteiger partial charge is 0.487 e. The standard InChI is InChI=1S/C13H14BrClN2O/c1-8-6-10(14)4-5-12(8)18-7-11-13(15)9(2)16-17(11)3/h4-6H,7H2,1-3H3. The van der Waals surface area contributed by atoms with E-state index >= 15 is 0 Å². The van der Waals surface area contributed by atoms with Gasteiger partial charge in [0.1, 0.15) is 12.4 Å². The first-order valence-corrected chi connectivity index (χ1v) is 6.73. The highest BCUT2D eigenvalue weighted by molar-refractivity contribution is 9.10. The molecule has 0 spiro atoms. The molecule has 0 unspecified atom stereocenters. The normalized spacial score (nSPS) is 10.7. The zero-order valence-electron chi connectivity index (χ0n) is 10.5. The van der Waals surface area contributed by atoms with Gasteiger partial charge in [-0.25, -0.2) is 0 Å². The van der Waals surface area contributed by atoms with Gasteiger partial charge in [0.2, 0.25) is 0 Å². The number of hydrogen-bond donors (Lipinski definition) is 0. The van der Waals surface area contributed by atoms with E-state index < -0.39 is 0 Å². The van der Waals surface area contributed by atoms with Gasteiger partial charge in [-0.05, 0) is 37.6 Å². The fourth-order valence-electron chi connectivity index (χ4n) is 1.76. The first-order valence-electron chi connectivity index (χ1n) is 5.56. The van der Waals surface area contributed by atoms with Crippen molar-refractivity contribution in [2.45, 2.75) is 20.5 Å². The number of ether oxygens (including phenoxy) is 1. The molecule has 0 aliphatic carbocycles. The van der Waals surface area contributed by atoms with Gasteiger partial charge in [-0.3, -0.25) is 4.68 Å². The van der Waals surface area contributed by atoms with Crippen LogP contribution in [0, 0.1) is 13.8 Å². The van der Waals surface area contributed by atoms with E-state index in [-0.39, 0.29) is 0 Å². The van der Waals surface area contributed by atoms with Crippen LogP contribution in [0.3, 0.4) is 0 Å². The summed E-state index contributed by atoms with van der Waals surface area (Å²) in [4.78, 5) is 0. The van der Waals surface area contributed by atoms with Gasteiger partial charge >= 0.3 is 0 Å². The topological polar surface area (TPSA) is 27.1 Å². The van der Waals surface area contributed by atoms with Gasteiger partial charge in [0.15, 0.2) is 0 Å². The SMILES string of the molecule is Cc1cc(Br)ccc1OCc1c(Cl)c(C)nn1C. The van der Waals surface area contributed by atoms with Crippen LogP contribution >= 0.6 is 27.5 Å². The van der Waals surface area contributed by atoms with Crippen LogP contribution in [-0.4, -0.2) is 9.78 Å². The average Bonchev–Trinajstić information content (AvgIpc) is 2.53. The Morgan fingerprint density at radius 2 is 2.11 bits per heavy atom. The zero-order valence-corrected chi connectivity index (χ0v) is 12.8. The number of halogens is 2. The molecule has 3 nitrogen and oxygen atoms in total. The lowest BCUT2D eigenvalue weighted by Crippen LogP contribution is -2.04. The number of aryl methyl sites for hydroxylation is 3. The Morgan fingerprint density at radius 3 is 2.67 bits per heavy atom. The summed E-state index contributed by atoms with van der Waals surface area (Å²) < 4.78 is 8.59. The Kier molecular flexibility index (Phi) is 3.97. The second-order valence-corrected chi connectivity index (χ2v) is 5.46. The van der Waals surface area contributed by atoms with Crippen molar-refractivity contribution in [1.82, 2.24) is 9.78 Å². The third-order valence-electron chi connectivity index (χ3n) is 2.76. The smallest absolute Gasteiger partial charge is 0.131 e. The lowest BCUT2D eigenvalue weighted by molar-refractivity contribution is 0.293. The zero-order chi connectivity index (χ0) is 13.3. The highest BCUT2D eigenvalue weighted by Gasteiger charge is 2.12. The molecule has 0 radical (unpaired) electrons. The van der Waals surface area contributed by atoms with Gasteiger partial charge in [0.05, 0.1) is 16.4 Å². The Labute approximate surface area is 120 Å². The van der Waals surface area contributed by atoms with Crippen LogP contribution in [0.1, 0.15) is 17.0 Å². The van der Waals surface area contributed by atoms with Crippen molar-refractivity contribution >= 4 is 27.5 Å². The number of benzene rings is 1. The van der Waals surface area contributed by atoms with Gasteiger partial charge in [-0.2, -0.15) is 5.10 Å². The van der Waals surface area contributed by atoms with Crippen LogP contribution in [0.25, 0.3) is 0 Å². The number of aromatic nitrogens is 2. The fourth-order valence-corrected chi connectivity index (χ4v) is 2.45. The third-order valence-corrected chi connectivity index (χ3v) is 3.75. The van der Waals surface area contributed by atoms with Crippen molar-refractivity contribution in [2.75, 3.05) is 0 Å². The molecular formula is C13H14BrClN2O. The molecule has 2 rings (SSSR count). The van der Waals surface area contributed by atoms with E-state index in [1.54, 1.807) is 4.68 Å². The van der Waals surface area contributed by atoms with E-state index in [4.69, 9.17) is 16.3 Å². The van der Waals surface area contributed by atoms with Gasteiger partial charge in [0, 0.05) is 11.5 Å². The molecule has 0 N–H and O–H groups in total. The monoisotopic (exact) mass is 328 g/mol. The molecule has 0 aliphatic heterocycles. The molecule has 18 heavy (non-hydrogen) atoms. The Morgan fingerprint density at radius 1 is 1.39 bits per heavy atom. The Bertz CT molecular complexity index is 581. The van der Waals surface area contributed by atoms with Crippen LogP contribution in [0.5, 0.6) is 5.75 Å². The fraction of sp³-hybridized carbons (Fsp3) is 0.308. The lowest BCUT2D eigenvalue weighted by Gasteiger charge is -2.09. The molecule has 1 aromatic heterocycles. The molecule has 96 valence electrons. The summed E-state index contributed by atoms with van der Waals surface area (Å²) in [5.41, 5.74) is 2.79. The molecule has 2 aromatic rings. The maximum Gasteiger partial charge on any atom is 0.131 e. The van der Waals surface area contributed by atoms with Crippen LogP contribution in [0.2, 0.25) is 5.02 Å². The molecule has 0 saturated carbocycles. The lowest BCUT2D eigenvalue weighted by atomic mass is 10.2. The van der Waals surface area contributed by atoms with E-state index in [1.165, 1.54) is 0 Å². The van der Waals surface area contributed by atoms with E-state index in [1.807, 2.05) is 39.1 Å². The summed E-state index contributed by atoms with van der Waals surface area (Å²) in [5, 5.41) is 4.93. The van der Waals surface area contributed by atoms with E-state index in [2.05, 4.69) is 21.0 Å². The van der Waals surface area contributed by atoms with Gasteiger partial charge in [-0.1, -0.05) is 27.5 Å². The maximum atomic E-state index is 6.17. The predicted molar refractivity (Wildman–Crippen MR) is 76.2 cm³/mol. The van der Waals surface area contributed by atoms with Crippen molar-refractivity contribution in [1.29, 1.82) is 0 Å². The molecule has 0 fully saturated rings. The van der Waals surface area contributed by atoms with Crippen LogP contribution < -0.4 is 4.74 Å². The van der Waals surface area contributed by atoms with E-state index in [0.29, 0.717) is 11.6 Å². The van der Waals surface area contributed by atoms with E-state index in [9.17, 15) is 0 Å². The van der Waals surface area contributed by atoms with Crippen molar-refractivity contribution in [3.05, 3.63) is 44.6 Å². The Balaban J connectivity index is 2.16. The minimum Gasteiger partial charge on any atom is -0.487 e. The molecule has 0 saturated heterocycles. The predicted octanol–water partition coefficient (Wildman–Crippen LogP) is 4.03. The summed E-state index contributed by atoms with van der Waals surface area (Å²) in [5.74, 6) is 0.855. The molecule has 0 bridgehead atoms. The van der Waals surface area contributed by atoms with Crippen LogP contribution in [0.4, 0.5) is 0 Å². The highest BCUT2D eigenvalue weighted by atomic mass is 79.9. The van der Waals surface area contributed by atoms with Crippen molar-refractivity contribution < 1.29 is 4.74 Å². The highest BCUT2D eigenvalue weighted by Crippen LogP contribution is 2.25. The summed E-state index contributed by atoms with van der Waals surface area (Å²) in [7, 11) is 1.87. The summed E-state index contributed by atoms with van der Waals surface area (Å²) in [6.07, 6.45) is 0. The minimum absolute atomic E-state index is 0.415. The molecule has 5 heteroatoms. The molecule has 0 amide bonds. The first kappa shape index (κ1) is 13.4. The molecule has 1 aromatic carbocycles. The van der Waals surface area contributed by atoms with Crippen molar-refractivity contribution in [3.8, 4) is 5.75 Å². The number of hydrogen-bond acceptors (Lipinski definition) is 2. The quantitative estimate of drug-likeness (QED) is 0.850. The molecular weight excluding hydrogens is 316 g/mol. The first-order chi connectivity index (χ1) is 8.49. The van der Waals surface area contributed by atoms with Crippen LogP contribution in [-0.2, 0) is 13.7 Å². The second kappa shape index (κ2) is 5.33. The third kappa shape index (κ3) is 2.70. The summed E-state index contributed by atoms with van der Waals surface area (Å²) in [6, 6.07) is 5.92. The minimum atomic E-state index is 0.415. The van der Waals surface area contributed by atoms with Crippen molar-refractivity contribution in [2.24, 2.45) is 7.05 Å². The molecule has 1 heterocycles. The number of rotatable bonds is 3. The summed E-state index contributed by atoms with van der Waals surface area (Å²) >= 11 is 9.60. The van der Waals surface area contributed by atoms with Crippen molar-refractivity contribution in [3.63, 3.8) is 0 Å². The van der Waals surface area contributed by atoms with Gasteiger partial charge in [0.25, 0.3) is 0 Å². The summed E-state index contributed by atoms with van der Waals surface area (Å²) in [6.45, 7) is 4.31. The number of nitrogens with zero attached hydrogens (tertiary/aromatic N) is 2. The molecule has 0 atom stereocenters. The maximum absolute atomic E-state index is 6.17. The van der Waals surface area contributed by atoms with E-state index in [0.717, 1.165) is 27.2 Å². The van der Waals surface area contributed by atoms with Crippen LogP contribution in [0.15, 0.2) is 22.7 Å².